The summed E-state index contributed by atoms with van der Waals surface area (Å²) in [5.41, 5.74) is -1.39. The number of nitriles is 1. The molecule has 1 atom stereocenters. The van der Waals surface area contributed by atoms with Crippen LogP contribution in [0.1, 0.15) is 46.1 Å². The van der Waals surface area contributed by atoms with Gasteiger partial charge < -0.3 is 14.4 Å². The zero-order valence-corrected chi connectivity index (χ0v) is 16.8. The molecule has 6 nitrogen and oxygen atoms in total. The summed E-state index contributed by atoms with van der Waals surface area (Å²) in [6, 6.07) is 8.19. The predicted octanol–water partition coefficient (Wildman–Crippen LogP) is 3.80. The van der Waals surface area contributed by atoms with Crippen molar-refractivity contribution in [2.24, 2.45) is 5.92 Å². The van der Waals surface area contributed by atoms with Crippen molar-refractivity contribution >= 4 is 12.1 Å². The molecule has 1 saturated heterocycles. The molecule has 1 amide bonds. The van der Waals surface area contributed by atoms with Gasteiger partial charge in [-0.1, -0.05) is 18.2 Å². The third kappa shape index (κ3) is 4.61. The van der Waals surface area contributed by atoms with E-state index in [0.717, 1.165) is 0 Å². The second-order valence-electron chi connectivity index (χ2n) is 7.92. The third-order valence-corrected chi connectivity index (χ3v) is 4.92. The van der Waals surface area contributed by atoms with Gasteiger partial charge in [0.1, 0.15) is 11.4 Å². The van der Waals surface area contributed by atoms with Crippen molar-refractivity contribution in [2.45, 2.75) is 51.6 Å². The third-order valence-electron chi connectivity index (χ3n) is 4.92. The fourth-order valence-electron chi connectivity index (χ4n) is 3.62. The van der Waals surface area contributed by atoms with Gasteiger partial charge in [-0.15, -0.1) is 0 Å². The van der Waals surface area contributed by atoms with Gasteiger partial charge in [-0.05, 0) is 52.2 Å². The van der Waals surface area contributed by atoms with Crippen LogP contribution in [0.4, 0.5) is 9.18 Å². The summed E-state index contributed by atoms with van der Waals surface area (Å²) >= 11 is 0. The standard InChI is InChI=1S/C21H27FN2O4/c1-5-27-18(25)16(14-23)21(15-8-6-7-9-17(15)22)10-12-24(13-11-21)19(26)28-20(2,3)4/h6-9,16H,5,10-13H2,1-4H3. The molecule has 152 valence electrons. The number of nitrogens with zero attached hydrogens (tertiary/aromatic N) is 2. The van der Waals surface area contributed by atoms with Crippen LogP contribution in [0.5, 0.6) is 0 Å². The van der Waals surface area contributed by atoms with Gasteiger partial charge in [0.05, 0.1) is 12.7 Å². The van der Waals surface area contributed by atoms with Crippen LogP contribution in [0, 0.1) is 23.1 Å². The molecule has 2 rings (SSSR count). The van der Waals surface area contributed by atoms with Crippen molar-refractivity contribution in [3.05, 3.63) is 35.6 Å². The minimum atomic E-state index is -1.16. The molecule has 1 unspecified atom stereocenters. The van der Waals surface area contributed by atoms with Crippen LogP contribution >= 0.6 is 0 Å². The first kappa shape index (κ1) is 21.7. The van der Waals surface area contributed by atoms with Gasteiger partial charge in [0, 0.05) is 18.5 Å². The molecule has 0 N–H and O–H groups in total. The summed E-state index contributed by atoms with van der Waals surface area (Å²) < 4.78 is 25.2. The van der Waals surface area contributed by atoms with E-state index in [2.05, 4.69) is 0 Å². The smallest absolute Gasteiger partial charge is 0.410 e. The highest BCUT2D eigenvalue weighted by Crippen LogP contribution is 2.43. The van der Waals surface area contributed by atoms with Crippen LogP contribution in [-0.4, -0.2) is 42.3 Å². The number of ether oxygens (including phenoxy) is 2. The average Bonchev–Trinajstić information content (AvgIpc) is 2.62. The highest BCUT2D eigenvalue weighted by molar-refractivity contribution is 5.78. The van der Waals surface area contributed by atoms with Gasteiger partial charge in [-0.2, -0.15) is 5.26 Å². The average molecular weight is 390 g/mol. The Labute approximate surface area is 165 Å². The van der Waals surface area contributed by atoms with E-state index in [4.69, 9.17) is 9.47 Å². The number of rotatable bonds is 4. The number of carbonyl (C=O) groups excluding carboxylic acids is 2. The molecule has 0 saturated carbocycles. The van der Waals surface area contributed by atoms with E-state index >= 15 is 0 Å². The Morgan fingerprint density at radius 1 is 1.29 bits per heavy atom. The van der Waals surface area contributed by atoms with Crippen LogP contribution in [0.2, 0.25) is 0 Å². The Morgan fingerprint density at radius 3 is 2.39 bits per heavy atom. The molecule has 0 radical (unpaired) electrons. The van der Waals surface area contributed by atoms with Crippen molar-refractivity contribution in [1.82, 2.24) is 4.90 Å². The molecule has 1 heterocycles. The van der Waals surface area contributed by atoms with Crippen molar-refractivity contribution in [1.29, 1.82) is 5.26 Å². The minimum absolute atomic E-state index is 0.133. The molecule has 28 heavy (non-hydrogen) atoms. The van der Waals surface area contributed by atoms with Gasteiger partial charge >= 0.3 is 12.1 Å². The molecule has 1 aliphatic heterocycles. The molecule has 1 aromatic rings. The van der Waals surface area contributed by atoms with Crippen molar-refractivity contribution in [2.75, 3.05) is 19.7 Å². The second-order valence-corrected chi connectivity index (χ2v) is 7.92. The number of piperidine rings is 1. The lowest BCUT2D eigenvalue weighted by atomic mass is 9.64. The Balaban J connectivity index is 2.36. The Morgan fingerprint density at radius 2 is 1.89 bits per heavy atom. The van der Waals surface area contributed by atoms with Crippen molar-refractivity contribution in [3.63, 3.8) is 0 Å². The summed E-state index contributed by atoms with van der Waals surface area (Å²) in [6.07, 6.45) is 0.0494. The van der Waals surface area contributed by atoms with E-state index in [9.17, 15) is 19.2 Å². The van der Waals surface area contributed by atoms with E-state index < -0.39 is 34.8 Å². The van der Waals surface area contributed by atoms with E-state index in [1.54, 1.807) is 45.9 Å². The lowest BCUT2D eigenvalue weighted by Crippen LogP contribution is -2.51. The number of halogens is 1. The van der Waals surface area contributed by atoms with Crippen molar-refractivity contribution < 1.29 is 23.5 Å². The Bertz CT molecular complexity index is 758. The number of esters is 1. The van der Waals surface area contributed by atoms with Gasteiger partial charge in [0.2, 0.25) is 0 Å². The SMILES string of the molecule is CCOC(=O)C(C#N)C1(c2ccccc2F)CCN(C(=O)OC(C)(C)C)CC1. The van der Waals surface area contributed by atoms with Gasteiger partial charge in [-0.25, -0.2) is 9.18 Å². The molecule has 1 aliphatic rings. The zero-order valence-electron chi connectivity index (χ0n) is 16.8. The van der Waals surface area contributed by atoms with E-state index in [1.807, 2.05) is 6.07 Å². The largest absolute Gasteiger partial charge is 0.465 e. The quantitative estimate of drug-likeness (QED) is 0.731. The summed E-state index contributed by atoms with van der Waals surface area (Å²) in [5, 5.41) is 9.74. The van der Waals surface area contributed by atoms with Crippen molar-refractivity contribution in [3.8, 4) is 6.07 Å². The fourth-order valence-corrected chi connectivity index (χ4v) is 3.62. The maximum atomic E-state index is 14.7. The fraction of sp³-hybridized carbons (Fsp3) is 0.571. The molecule has 7 heteroatoms. The van der Waals surface area contributed by atoms with Gasteiger partial charge in [0.15, 0.2) is 5.92 Å². The van der Waals surface area contributed by atoms with Crippen LogP contribution in [-0.2, 0) is 19.7 Å². The monoisotopic (exact) mass is 390 g/mol. The molecule has 0 aromatic heterocycles. The number of hydrogen-bond acceptors (Lipinski definition) is 5. The number of likely N-dealkylation sites (tertiary alicyclic amines) is 1. The maximum absolute atomic E-state index is 14.7. The summed E-state index contributed by atoms with van der Waals surface area (Å²) in [4.78, 5) is 26.4. The number of amides is 1. The van der Waals surface area contributed by atoms with E-state index in [-0.39, 0.29) is 32.5 Å². The Hall–Kier alpha value is -2.62. The van der Waals surface area contributed by atoms with Crippen LogP contribution in [0.3, 0.4) is 0 Å². The molecule has 1 fully saturated rings. The lowest BCUT2D eigenvalue weighted by Gasteiger charge is -2.44. The molecular formula is C21H27FN2O4. The van der Waals surface area contributed by atoms with Crippen LogP contribution < -0.4 is 0 Å². The molecule has 1 aromatic carbocycles. The first-order chi connectivity index (χ1) is 13.1. The molecule has 0 spiro atoms. The van der Waals surface area contributed by atoms with E-state index in [0.29, 0.717) is 5.56 Å². The summed E-state index contributed by atoms with van der Waals surface area (Å²) in [6.45, 7) is 7.64. The van der Waals surface area contributed by atoms with Gasteiger partial charge in [0.25, 0.3) is 0 Å². The molecular weight excluding hydrogens is 363 g/mol. The molecule has 0 bridgehead atoms. The van der Waals surface area contributed by atoms with Gasteiger partial charge in [-0.3, -0.25) is 4.79 Å². The lowest BCUT2D eigenvalue weighted by molar-refractivity contribution is -0.149. The van der Waals surface area contributed by atoms with Crippen LogP contribution in [0.15, 0.2) is 24.3 Å². The number of benzene rings is 1. The highest BCUT2D eigenvalue weighted by Gasteiger charge is 2.49. The zero-order chi connectivity index (χ0) is 20.9. The summed E-state index contributed by atoms with van der Waals surface area (Å²) in [7, 11) is 0. The number of hydrogen-bond donors (Lipinski definition) is 0. The molecule has 0 aliphatic carbocycles. The van der Waals surface area contributed by atoms with E-state index in [1.165, 1.54) is 11.0 Å². The highest BCUT2D eigenvalue weighted by atomic mass is 19.1. The van der Waals surface area contributed by atoms with Crippen LogP contribution in [0.25, 0.3) is 0 Å². The maximum Gasteiger partial charge on any atom is 0.410 e. The second kappa shape index (κ2) is 8.59. The summed E-state index contributed by atoms with van der Waals surface area (Å²) in [5.74, 6) is -2.30. The first-order valence-corrected chi connectivity index (χ1v) is 9.44. The first-order valence-electron chi connectivity index (χ1n) is 9.44. The normalized spacial score (nSPS) is 17.4. The minimum Gasteiger partial charge on any atom is -0.465 e. The predicted molar refractivity (Wildman–Crippen MR) is 101 cm³/mol. The Kier molecular flexibility index (Phi) is 6.65. The topological polar surface area (TPSA) is 79.6 Å². The number of carbonyl (C=O) groups is 2.